The Morgan fingerprint density at radius 2 is 1.96 bits per heavy atom. The highest BCUT2D eigenvalue weighted by molar-refractivity contribution is 6.33. The van der Waals surface area contributed by atoms with E-state index < -0.39 is 6.03 Å². The average Bonchev–Trinajstić information content (AvgIpc) is 2.58. The van der Waals surface area contributed by atoms with Gasteiger partial charge in [0, 0.05) is 19.2 Å². The van der Waals surface area contributed by atoms with Crippen LogP contribution < -0.4 is 15.5 Å². The van der Waals surface area contributed by atoms with Crippen LogP contribution in [0.25, 0.3) is 0 Å². The second-order valence-corrected chi connectivity index (χ2v) is 5.33. The van der Waals surface area contributed by atoms with E-state index in [-0.39, 0.29) is 0 Å². The molecule has 120 valence electrons. The maximum atomic E-state index is 12.0. The van der Waals surface area contributed by atoms with Crippen molar-refractivity contribution in [3.05, 3.63) is 41.7 Å². The highest BCUT2D eigenvalue weighted by atomic mass is 35.5. The zero-order valence-corrected chi connectivity index (χ0v) is 13.1. The number of halogens is 1. The molecule has 1 aromatic heterocycles. The van der Waals surface area contributed by atoms with Crippen molar-refractivity contribution < 1.29 is 9.53 Å². The first-order valence-electron chi connectivity index (χ1n) is 7.19. The fourth-order valence-electron chi connectivity index (χ4n) is 2.21. The molecular formula is C15H16ClN5O2. The van der Waals surface area contributed by atoms with Crippen molar-refractivity contribution in [2.75, 3.05) is 41.8 Å². The third-order valence-corrected chi connectivity index (χ3v) is 3.68. The topological polar surface area (TPSA) is 79.4 Å². The van der Waals surface area contributed by atoms with E-state index in [2.05, 4.69) is 25.5 Å². The molecule has 0 atom stereocenters. The molecule has 2 heterocycles. The van der Waals surface area contributed by atoms with Crippen molar-refractivity contribution in [2.45, 2.75) is 0 Å². The average molecular weight is 334 g/mol. The number of aromatic nitrogens is 2. The van der Waals surface area contributed by atoms with E-state index in [9.17, 15) is 4.79 Å². The van der Waals surface area contributed by atoms with Gasteiger partial charge < -0.3 is 15.0 Å². The Bertz CT molecular complexity index is 691. The molecule has 2 amide bonds. The number of ether oxygens (including phenoxy) is 1. The monoisotopic (exact) mass is 333 g/mol. The molecule has 1 aromatic carbocycles. The van der Waals surface area contributed by atoms with E-state index in [0.717, 1.165) is 18.9 Å². The van der Waals surface area contributed by atoms with E-state index >= 15 is 0 Å². The maximum Gasteiger partial charge on any atom is 0.324 e. The summed E-state index contributed by atoms with van der Waals surface area (Å²) in [5.74, 6) is 1.18. The van der Waals surface area contributed by atoms with Crippen molar-refractivity contribution in [1.29, 1.82) is 0 Å². The number of rotatable bonds is 3. The fourth-order valence-corrected chi connectivity index (χ4v) is 2.40. The van der Waals surface area contributed by atoms with Crippen LogP contribution in [0.5, 0.6) is 0 Å². The van der Waals surface area contributed by atoms with Crippen LogP contribution in [0.15, 0.2) is 36.7 Å². The third kappa shape index (κ3) is 4.08. The van der Waals surface area contributed by atoms with Crippen molar-refractivity contribution >= 4 is 35.0 Å². The molecule has 7 nitrogen and oxygen atoms in total. The molecule has 1 fully saturated rings. The van der Waals surface area contributed by atoms with Crippen LogP contribution in [0.4, 0.5) is 22.1 Å². The zero-order chi connectivity index (χ0) is 16.1. The highest BCUT2D eigenvalue weighted by Crippen LogP contribution is 2.21. The van der Waals surface area contributed by atoms with Gasteiger partial charge in [-0.1, -0.05) is 23.7 Å². The maximum absolute atomic E-state index is 12.0. The largest absolute Gasteiger partial charge is 0.378 e. The first-order chi connectivity index (χ1) is 11.2. The van der Waals surface area contributed by atoms with Crippen LogP contribution in [0.2, 0.25) is 5.02 Å². The zero-order valence-electron chi connectivity index (χ0n) is 12.3. The molecule has 1 aliphatic heterocycles. The van der Waals surface area contributed by atoms with E-state index in [0.29, 0.717) is 29.7 Å². The van der Waals surface area contributed by atoms with E-state index in [1.807, 2.05) is 0 Å². The van der Waals surface area contributed by atoms with Gasteiger partial charge in [0.2, 0.25) is 0 Å². The molecule has 2 aromatic rings. The molecule has 8 heteroatoms. The first kappa shape index (κ1) is 15.5. The SMILES string of the molecule is O=C(Nc1cc(N2CCOCC2)ncn1)Nc1ccccc1Cl. The van der Waals surface area contributed by atoms with Crippen molar-refractivity contribution in [3.63, 3.8) is 0 Å². The summed E-state index contributed by atoms with van der Waals surface area (Å²) in [6.07, 6.45) is 1.43. The third-order valence-electron chi connectivity index (χ3n) is 3.35. The summed E-state index contributed by atoms with van der Waals surface area (Å²) in [7, 11) is 0. The van der Waals surface area contributed by atoms with Crippen LogP contribution in [0, 0.1) is 0 Å². The van der Waals surface area contributed by atoms with Gasteiger partial charge in [-0.2, -0.15) is 0 Å². The molecule has 1 saturated heterocycles. The minimum absolute atomic E-state index is 0.412. The number of carbonyl (C=O) groups is 1. The number of hydrogen-bond acceptors (Lipinski definition) is 5. The van der Waals surface area contributed by atoms with Gasteiger partial charge in [0.15, 0.2) is 0 Å². The minimum atomic E-state index is -0.412. The summed E-state index contributed by atoms with van der Waals surface area (Å²) in [5.41, 5.74) is 0.536. The molecule has 0 unspecified atom stereocenters. The quantitative estimate of drug-likeness (QED) is 0.902. The summed E-state index contributed by atoms with van der Waals surface area (Å²) >= 11 is 6.01. The van der Waals surface area contributed by atoms with Crippen LogP contribution >= 0.6 is 11.6 Å². The smallest absolute Gasteiger partial charge is 0.324 e. The van der Waals surface area contributed by atoms with Crippen LogP contribution in [0.1, 0.15) is 0 Å². The number of nitrogens with zero attached hydrogens (tertiary/aromatic N) is 3. The molecule has 23 heavy (non-hydrogen) atoms. The Balaban J connectivity index is 1.65. The van der Waals surface area contributed by atoms with E-state index in [1.54, 1.807) is 30.3 Å². The Morgan fingerprint density at radius 1 is 1.17 bits per heavy atom. The minimum Gasteiger partial charge on any atom is -0.378 e. The number of hydrogen-bond donors (Lipinski definition) is 2. The van der Waals surface area contributed by atoms with Gasteiger partial charge in [-0.3, -0.25) is 5.32 Å². The second kappa shape index (κ2) is 7.26. The molecule has 0 saturated carbocycles. The lowest BCUT2D eigenvalue weighted by Crippen LogP contribution is -2.36. The lowest BCUT2D eigenvalue weighted by Gasteiger charge is -2.27. The number of para-hydroxylation sites is 1. The number of urea groups is 1. The number of anilines is 3. The molecular weight excluding hydrogens is 318 g/mol. The molecule has 3 rings (SSSR count). The van der Waals surface area contributed by atoms with Gasteiger partial charge in [-0.05, 0) is 12.1 Å². The van der Waals surface area contributed by atoms with E-state index in [4.69, 9.17) is 16.3 Å². The van der Waals surface area contributed by atoms with Crippen LogP contribution in [-0.2, 0) is 4.74 Å². The lowest BCUT2D eigenvalue weighted by molar-refractivity contribution is 0.122. The second-order valence-electron chi connectivity index (χ2n) is 4.92. The van der Waals surface area contributed by atoms with Gasteiger partial charge in [0.1, 0.15) is 18.0 Å². The standard InChI is InChI=1S/C15H16ClN5O2/c16-11-3-1-2-4-12(11)19-15(22)20-13-9-14(18-10-17-13)21-5-7-23-8-6-21/h1-4,9-10H,5-8H2,(H2,17,18,19,20,22). The summed E-state index contributed by atoms with van der Waals surface area (Å²) in [6.45, 7) is 2.87. The lowest BCUT2D eigenvalue weighted by atomic mass is 10.3. The number of benzene rings is 1. The first-order valence-corrected chi connectivity index (χ1v) is 7.57. The van der Waals surface area contributed by atoms with Crippen molar-refractivity contribution in [1.82, 2.24) is 9.97 Å². The van der Waals surface area contributed by atoms with Gasteiger partial charge in [0.05, 0.1) is 23.9 Å². The number of nitrogens with one attached hydrogen (secondary N) is 2. The summed E-state index contributed by atoms with van der Waals surface area (Å²) in [5, 5.41) is 5.83. The van der Waals surface area contributed by atoms with Crippen LogP contribution in [0.3, 0.4) is 0 Å². The normalized spacial score (nSPS) is 14.4. The number of morpholine rings is 1. The molecule has 0 bridgehead atoms. The molecule has 1 aliphatic rings. The Kier molecular flexibility index (Phi) is 4.89. The molecule has 2 N–H and O–H groups in total. The summed E-state index contributed by atoms with van der Waals surface area (Å²) in [4.78, 5) is 22.4. The summed E-state index contributed by atoms with van der Waals surface area (Å²) in [6, 6.07) is 8.34. The van der Waals surface area contributed by atoms with Gasteiger partial charge in [-0.25, -0.2) is 14.8 Å². The predicted molar refractivity (Wildman–Crippen MR) is 89.2 cm³/mol. The van der Waals surface area contributed by atoms with Crippen molar-refractivity contribution in [3.8, 4) is 0 Å². The van der Waals surface area contributed by atoms with Gasteiger partial charge >= 0.3 is 6.03 Å². The Morgan fingerprint density at radius 3 is 2.74 bits per heavy atom. The molecule has 0 radical (unpaired) electrons. The number of amides is 2. The van der Waals surface area contributed by atoms with Crippen molar-refractivity contribution in [2.24, 2.45) is 0 Å². The number of carbonyl (C=O) groups excluding carboxylic acids is 1. The predicted octanol–water partition coefficient (Wildman–Crippen LogP) is 2.61. The van der Waals surface area contributed by atoms with E-state index in [1.165, 1.54) is 6.33 Å². The van der Waals surface area contributed by atoms with Crippen LogP contribution in [-0.4, -0.2) is 42.3 Å². The molecule has 0 aliphatic carbocycles. The Hall–Kier alpha value is -2.38. The highest BCUT2D eigenvalue weighted by Gasteiger charge is 2.14. The molecule has 0 spiro atoms. The summed E-state index contributed by atoms with van der Waals surface area (Å²) < 4.78 is 5.32. The van der Waals surface area contributed by atoms with Gasteiger partial charge in [-0.15, -0.1) is 0 Å². The van der Waals surface area contributed by atoms with Gasteiger partial charge in [0.25, 0.3) is 0 Å². The Labute approximate surface area is 138 Å². The fraction of sp³-hybridized carbons (Fsp3) is 0.267.